The average Bonchev–Trinajstić information content (AvgIpc) is 2.80. The normalized spacial score (nSPS) is 10.7. The minimum absolute atomic E-state index is 0.691. The molecular weight excluding hydrogens is 322 g/mol. The van der Waals surface area contributed by atoms with E-state index in [1.54, 1.807) is 11.3 Å². The van der Waals surface area contributed by atoms with E-state index in [4.69, 9.17) is 4.74 Å². The lowest BCUT2D eigenvalue weighted by Crippen LogP contribution is -2.20. The number of nitrogens with one attached hydrogen (secondary N) is 1. The molecule has 0 saturated carbocycles. The Hall–Kier alpha value is -0.840. The van der Waals surface area contributed by atoms with E-state index in [1.807, 2.05) is 12.1 Å². The molecule has 0 radical (unpaired) electrons. The number of halogens is 1. The van der Waals surface area contributed by atoms with E-state index in [-0.39, 0.29) is 0 Å². The molecule has 0 unspecified atom stereocenters. The third kappa shape index (κ3) is 4.34. The topological polar surface area (TPSA) is 21.3 Å². The summed E-state index contributed by atoms with van der Waals surface area (Å²) in [6, 6.07) is 8.31. The van der Waals surface area contributed by atoms with E-state index in [1.165, 1.54) is 16.0 Å². The number of aryl methyl sites for hydroxylation is 1. The van der Waals surface area contributed by atoms with Gasteiger partial charge in [-0.2, -0.15) is 0 Å². The van der Waals surface area contributed by atoms with Crippen LogP contribution < -0.4 is 10.1 Å². The minimum Gasteiger partial charge on any atom is -0.492 e. The van der Waals surface area contributed by atoms with Gasteiger partial charge in [-0.3, -0.25) is 0 Å². The van der Waals surface area contributed by atoms with Crippen molar-refractivity contribution in [2.45, 2.75) is 20.4 Å². The largest absolute Gasteiger partial charge is 0.492 e. The second kappa shape index (κ2) is 7.08. The number of rotatable bonds is 6. The smallest absolute Gasteiger partial charge is 0.122 e. The first-order chi connectivity index (χ1) is 9.16. The van der Waals surface area contributed by atoms with Crippen LogP contribution in [0.5, 0.6) is 5.75 Å². The molecule has 0 bridgehead atoms. The Balaban J connectivity index is 1.71. The molecule has 0 aliphatic rings. The van der Waals surface area contributed by atoms with Gasteiger partial charge in [0.2, 0.25) is 0 Å². The third-order valence-corrected chi connectivity index (χ3v) is 4.71. The van der Waals surface area contributed by atoms with Crippen molar-refractivity contribution >= 4 is 27.3 Å². The summed E-state index contributed by atoms with van der Waals surface area (Å²) in [5.74, 6) is 0.987. The van der Waals surface area contributed by atoms with Crippen LogP contribution in [-0.4, -0.2) is 13.2 Å². The van der Waals surface area contributed by atoms with Gasteiger partial charge in [0.15, 0.2) is 0 Å². The molecule has 1 heterocycles. The number of hydrogen-bond acceptors (Lipinski definition) is 3. The first-order valence-corrected chi connectivity index (χ1v) is 7.96. The van der Waals surface area contributed by atoms with Crippen molar-refractivity contribution in [3.05, 3.63) is 50.1 Å². The van der Waals surface area contributed by atoms with Crippen molar-refractivity contribution in [2.24, 2.45) is 0 Å². The molecule has 1 N–H and O–H groups in total. The Morgan fingerprint density at radius 3 is 2.89 bits per heavy atom. The maximum atomic E-state index is 5.79. The standard InChI is InChI=1S/C15H18BrNOS/c1-11-4-3-5-15(12(11)2)18-7-6-17-9-14-8-13(16)10-19-14/h3-5,8,10,17H,6-7,9H2,1-2H3. The minimum atomic E-state index is 0.691. The third-order valence-electron chi connectivity index (χ3n) is 3.01. The first kappa shape index (κ1) is 14.6. The molecule has 0 aliphatic carbocycles. The number of hydrogen-bond donors (Lipinski definition) is 1. The van der Waals surface area contributed by atoms with Crippen LogP contribution in [0.1, 0.15) is 16.0 Å². The summed E-state index contributed by atoms with van der Waals surface area (Å²) in [5.41, 5.74) is 2.50. The van der Waals surface area contributed by atoms with Gasteiger partial charge >= 0.3 is 0 Å². The zero-order valence-corrected chi connectivity index (χ0v) is 13.6. The molecule has 0 spiro atoms. The van der Waals surface area contributed by atoms with Crippen LogP contribution in [-0.2, 0) is 6.54 Å². The zero-order chi connectivity index (χ0) is 13.7. The Morgan fingerprint density at radius 2 is 2.16 bits per heavy atom. The molecular formula is C15H18BrNOS. The van der Waals surface area contributed by atoms with Crippen molar-refractivity contribution < 1.29 is 4.74 Å². The molecule has 0 fully saturated rings. The van der Waals surface area contributed by atoms with Crippen molar-refractivity contribution in [1.82, 2.24) is 5.32 Å². The Kier molecular flexibility index (Phi) is 5.43. The number of thiophene rings is 1. The monoisotopic (exact) mass is 339 g/mol. The molecule has 4 heteroatoms. The van der Waals surface area contributed by atoms with Gasteiger partial charge < -0.3 is 10.1 Å². The molecule has 0 aliphatic heterocycles. The van der Waals surface area contributed by atoms with Crippen molar-refractivity contribution in [1.29, 1.82) is 0 Å². The van der Waals surface area contributed by atoms with Crippen LogP contribution in [0.15, 0.2) is 34.1 Å². The Bertz CT molecular complexity index is 539. The van der Waals surface area contributed by atoms with Crippen LogP contribution in [0.3, 0.4) is 0 Å². The van der Waals surface area contributed by atoms with E-state index in [2.05, 4.69) is 52.6 Å². The molecule has 2 nitrogen and oxygen atoms in total. The summed E-state index contributed by atoms with van der Waals surface area (Å²) in [5, 5.41) is 5.48. The van der Waals surface area contributed by atoms with E-state index < -0.39 is 0 Å². The quantitative estimate of drug-likeness (QED) is 0.792. The van der Waals surface area contributed by atoms with E-state index >= 15 is 0 Å². The lowest BCUT2D eigenvalue weighted by molar-refractivity contribution is 0.311. The van der Waals surface area contributed by atoms with E-state index in [0.717, 1.165) is 23.3 Å². The lowest BCUT2D eigenvalue weighted by atomic mass is 10.1. The van der Waals surface area contributed by atoms with Gasteiger partial charge in [0, 0.05) is 27.8 Å². The van der Waals surface area contributed by atoms with Gasteiger partial charge in [-0.1, -0.05) is 12.1 Å². The highest BCUT2D eigenvalue weighted by Gasteiger charge is 2.01. The molecule has 102 valence electrons. The summed E-state index contributed by atoms with van der Waals surface area (Å²) in [6.07, 6.45) is 0. The van der Waals surface area contributed by atoms with Crippen LogP contribution in [0.2, 0.25) is 0 Å². The zero-order valence-electron chi connectivity index (χ0n) is 11.2. The van der Waals surface area contributed by atoms with Crippen LogP contribution in [0.25, 0.3) is 0 Å². The summed E-state index contributed by atoms with van der Waals surface area (Å²) >= 11 is 5.22. The maximum absolute atomic E-state index is 5.79. The van der Waals surface area contributed by atoms with Gasteiger partial charge in [-0.25, -0.2) is 0 Å². The van der Waals surface area contributed by atoms with Crippen molar-refractivity contribution in [2.75, 3.05) is 13.2 Å². The van der Waals surface area contributed by atoms with Gasteiger partial charge in [0.25, 0.3) is 0 Å². The fourth-order valence-corrected chi connectivity index (χ4v) is 3.19. The molecule has 0 saturated heterocycles. The van der Waals surface area contributed by atoms with Gasteiger partial charge in [-0.15, -0.1) is 11.3 Å². The summed E-state index contributed by atoms with van der Waals surface area (Å²) in [4.78, 5) is 1.33. The molecule has 2 aromatic rings. The SMILES string of the molecule is Cc1cccc(OCCNCc2cc(Br)cs2)c1C. The van der Waals surface area contributed by atoms with Crippen LogP contribution in [0.4, 0.5) is 0 Å². The fraction of sp³-hybridized carbons (Fsp3) is 0.333. The average molecular weight is 340 g/mol. The number of ether oxygens (including phenoxy) is 1. The summed E-state index contributed by atoms with van der Waals surface area (Å²) in [6.45, 7) is 6.64. The fourth-order valence-electron chi connectivity index (χ4n) is 1.77. The molecule has 19 heavy (non-hydrogen) atoms. The highest BCUT2D eigenvalue weighted by atomic mass is 79.9. The maximum Gasteiger partial charge on any atom is 0.122 e. The Labute approximate surface area is 126 Å². The molecule has 1 aromatic heterocycles. The van der Waals surface area contributed by atoms with Crippen LogP contribution >= 0.6 is 27.3 Å². The molecule has 1 aromatic carbocycles. The summed E-state index contributed by atoms with van der Waals surface area (Å²) < 4.78 is 6.95. The van der Waals surface area contributed by atoms with Gasteiger partial charge in [0.05, 0.1) is 0 Å². The first-order valence-electron chi connectivity index (χ1n) is 6.29. The molecule has 2 rings (SSSR count). The second-order valence-electron chi connectivity index (χ2n) is 4.45. The molecule has 0 amide bonds. The summed E-state index contributed by atoms with van der Waals surface area (Å²) in [7, 11) is 0. The van der Waals surface area contributed by atoms with Gasteiger partial charge in [0.1, 0.15) is 12.4 Å². The van der Waals surface area contributed by atoms with Gasteiger partial charge in [-0.05, 0) is 53.0 Å². The number of benzene rings is 1. The van der Waals surface area contributed by atoms with Crippen molar-refractivity contribution in [3.63, 3.8) is 0 Å². The molecule has 0 atom stereocenters. The van der Waals surface area contributed by atoms with Crippen molar-refractivity contribution in [3.8, 4) is 5.75 Å². The van der Waals surface area contributed by atoms with E-state index in [9.17, 15) is 0 Å². The highest BCUT2D eigenvalue weighted by Crippen LogP contribution is 2.20. The predicted octanol–water partition coefficient (Wildman–Crippen LogP) is 4.30. The van der Waals surface area contributed by atoms with E-state index in [0.29, 0.717) is 6.61 Å². The van der Waals surface area contributed by atoms with Crippen LogP contribution in [0, 0.1) is 13.8 Å². The lowest BCUT2D eigenvalue weighted by Gasteiger charge is -2.11. The predicted molar refractivity (Wildman–Crippen MR) is 85.1 cm³/mol. The second-order valence-corrected chi connectivity index (χ2v) is 6.37. The highest BCUT2D eigenvalue weighted by molar-refractivity contribution is 9.10. The Morgan fingerprint density at radius 1 is 1.32 bits per heavy atom.